The summed E-state index contributed by atoms with van der Waals surface area (Å²) in [5, 5.41) is 15.6. The zero-order chi connectivity index (χ0) is 27.4. The van der Waals surface area contributed by atoms with Gasteiger partial charge in [-0.2, -0.15) is 0 Å². The second kappa shape index (κ2) is 10.4. The third kappa shape index (κ3) is 4.25. The minimum atomic E-state index is -0.864. The van der Waals surface area contributed by atoms with Crippen LogP contribution in [-0.4, -0.2) is 68.7 Å². The van der Waals surface area contributed by atoms with Crippen molar-refractivity contribution >= 4 is 27.4 Å². The van der Waals surface area contributed by atoms with E-state index in [-0.39, 0.29) is 11.5 Å². The maximum atomic E-state index is 13.1. The van der Waals surface area contributed by atoms with Crippen molar-refractivity contribution in [3.63, 3.8) is 0 Å². The van der Waals surface area contributed by atoms with Crippen molar-refractivity contribution in [2.75, 3.05) is 26.2 Å². The van der Waals surface area contributed by atoms with Crippen LogP contribution in [0.2, 0.25) is 0 Å². The van der Waals surface area contributed by atoms with Crippen LogP contribution in [-0.2, 0) is 0 Å². The molecule has 3 bridgehead atoms. The SMILES string of the molecule is O[C@]12C=C(c3nccc4c3[nH]c3ccccc34)[C@@H]3CCN(CCCC/C=C\CC1)C[C@@]31C[C@H]3CCCCCCN3[C@H]12. The molecule has 6 atom stereocenters. The number of hydrogen-bond acceptors (Lipinski definition) is 4. The van der Waals surface area contributed by atoms with Gasteiger partial charge in [-0.05, 0) is 107 Å². The fourth-order valence-corrected chi connectivity index (χ4v) is 9.98. The average Bonchev–Trinajstić information content (AvgIpc) is 3.49. The zero-order valence-electron chi connectivity index (χ0n) is 24.5. The second-order valence-corrected chi connectivity index (χ2v) is 13.9. The predicted molar refractivity (Wildman–Crippen MR) is 168 cm³/mol. The molecule has 2 aromatic heterocycles. The number of hydrogen-bond donors (Lipinski definition) is 2. The van der Waals surface area contributed by atoms with Gasteiger partial charge in [-0.25, -0.2) is 0 Å². The first kappa shape index (κ1) is 26.2. The Hall–Kier alpha value is -2.47. The summed E-state index contributed by atoms with van der Waals surface area (Å²) in [7, 11) is 0. The highest BCUT2D eigenvalue weighted by molar-refractivity contribution is 6.09. The van der Waals surface area contributed by atoms with Crippen LogP contribution in [0.15, 0.2) is 54.8 Å². The van der Waals surface area contributed by atoms with Crippen LogP contribution in [0.3, 0.4) is 0 Å². The largest absolute Gasteiger partial charge is 0.384 e. The van der Waals surface area contributed by atoms with Crippen LogP contribution in [0, 0.1) is 11.3 Å². The summed E-state index contributed by atoms with van der Waals surface area (Å²) in [5.74, 6) is 0.419. The van der Waals surface area contributed by atoms with E-state index in [9.17, 15) is 5.11 Å². The molecule has 8 rings (SSSR count). The normalized spacial score (nSPS) is 37.2. The van der Waals surface area contributed by atoms with Crippen LogP contribution in [0.1, 0.15) is 82.7 Å². The van der Waals surface area contributed by atoms with Crippen molar-refractivity contribution < 1.29 is 5.11 Å². The maximum absolute atomic E-state index is 13.1. The Kier molecular flexibility index (Phi) is 6.61. The molecule has 4 aliphatic heterocycles. The molecule has 5 nitrogen and oxygen atoms in total. The monoisotopic (exact) mass is 550 g/mol. The van der Waals surface area contributed by atoms with E-state index in [2.05, 4.69) is 63.3 Å². The van der Waals surface area contributed by atoms with Crippen molar-refractivity contribution in [2.45, 2.75) is 94.7 Å². The van der Waals surface area contributed by atoms with Crippen LogP contribution in [0.5, 0.6) is 0 Å². The van der Waals surface area contributed by atoms with Crippen molar-refractivity contribution in [2.24, 2.45) is 11.3 Å². The number of aromatic nitrogens is 2. The first-order valence-corrected chi connectivity index (χ1v) is 16.6. The minimum Gasteiger partial charge on any atom is -0.384 e. The number of aliphatic hydroxyl groups is 1. The van der Waals surface area contributed by atoms with Crippen molar-refractivity contribution in [1.29, 1.82) is 0 Å². The standard InChI is InChI=1S/C36H46N4O/c41-36-18-10-4-1-2-5-11-20-39-22-17-30(35(25-39)23-26-13-7-3-6-12-21-40(26)34(35)36)29(24-36)32-33-28(16-19-37-32)27-14-8-9-15-31(27)38-33/h1,4,8-9,14-16,19,24,26,30,34,38,41H,2-3,5-7,10-13,17-18,20-23,25H2/b4-1-/t26-,30+,34-,35+,36+/m1/s1. The highest BCUT2D eigenvalue weighted by Crippen LogP contribution is 2.62. The topological polar surface area (TPSA) is 55.4 Å². The minimum absolute atomic E-state index is 0.0553. The molecule has 1 aliphatic carbocycles. The van der Waals surface area contributed by atoms with E-state index in [1.807, 2.05) is 6.20 Å². The number of pyridine rings is 1. The molecule has 5 aliphatic rings. The highest BCUT2D eigenvalue weighted by atomic mass is 16.3. The lowest BCUT2D eigenvalue weighted by Crippen LogP contribution is -2.65. The van der Waals surface area contributed by atoms with E-state index in [0.717, 1.165) is 56.5 Å². The molecule has 1 unspecified atom stereocenters. The fourth-order valence-electron chi connectivity index (χ4n) is 9.98. The number of benzene rings is 1. The molecule has 5 heteroatoms. The van der Waals surface area contributed by atoms with Gasteiger partial charge in [-0.1, -0.05) is 49.6 Å². The summed E-state index contributed by atoms with van der Waals surface area (Å²) in [6.45, 7) is 4.59. The van der Waals surface area contributed by atoms with Gasteiger partial charge in [0.2, 0.25) is 0 Å². The molecule has 1 aromatic carbocycles. The predicted octanol–water partition coefficient (Wildman–Crippen LogP) is 7.08. The van der Waals surface area contributed by atoms with Gasteiger partial charge in [0.25, 0.3) is 0 Å². The number of rotatable bonds is 1. The summed E-state index contributed by atoms with van der Waals surface area (Å²) in [6, 6.07) is 11.6. The first-order valence-electron chi connectivity index (χ1n) is 16.6. The first-order chi connectivity index (χ1) is 20.2. The van der Waals surface area contributed by atoms with Gasteiger partial charge in [0.15, 0.2) is 0 Å². The Labute approximate surface area is 244 Å². The number of allylic oxidation sites excluding steroid dienone is 3. The van der Waals surface area contributed by atoms with Gasteiger partial charge in [0.1, 0.15) is 0 Å². The van der Waals surface area contributed by atoms with E-state index < -0.39 is 5.60 Å². The summed E-state index contributed by atoms with van der Waals surface area (Å²) < 4.78 is 0. The van der Waals surface area contributed by atoms with Gasteiger partial charge in [-0.3, -0.25) is 9.88 Å². The number of para-hydroxylation sites is 1. The van der Waals surface area contributed by atoms with Gasteiger partial charge >= 0.3 is 0 Å². The number of H-pyrrole nitrogens is 1. The van der Waals surface area contributed by atoms with Crippen molar-refractivity contribution in [3.8, 4) is 0 Å². The highest BCUT2D eigenvalue weighted by Gasteiger charge is 2.65. The smallest absolute Gasteiger partial charge is 0.0997 e. The molecular weight excluding hydrogens is 504 g/mol. The van der Waals surface area contributed by atoms with Gasteiger partial charge in [0, 0.05) is 46.5 Å². The number of nitrogens with zero attached hydrogens (tertiary/aromatic N) is 3. The van der Waals surface area contributed by atoms with Crippen LogP contribution in [0.25, 0.3) is 27.4 Å². The Morgan fingerprint density at radius 1 is 0.878 bits per heavy atom. The van der Waals surface area contributed by atoms with Gasteiger partial charge in [0.05, 0.1) is 16.8 Å². The summed E-state index contributed by atoms with van der Waals surface area (Å²) in [6.07, 6.45) is 23.4. The summed E-state index contributed by atoms with van der Waals surface area (Å²) in [4.78, 5) is 14.5. The van der Waals surface area contributed by atoms with Crippen LogP contribution >= 0.6 is 0 Å². The third-order valence-electron chi connectivity index (χ3n) is 11.5. The van der Waals surface area contributed by atoms with E-state index >= 15 is 0 Å². The number of piperidine rings is 1. The Bertz CT molecular complexity index is 1490. The lowest BCUT2D eigenvalue weighted by atomic mass is 9.54. The molecule has 0 amide bonds. The van der Waals surface area contributed by atoms with Gasteiger partial charge < -0.3 is 15.0 Å². The Morgan fingerprint density at radius 2 is 1.76 bits per heavy atom. The molecule has 216 valence electrons. The molecule has 3 fully saturated rings. The molecule has 3 aromatic rings. The second-order valence-electron chi connectivity index (χ2n) is 13.9. The molecule has 2 N–H and O–H groups in total. The number of fused-ring (bicyclic) bond motifs is 5. The lowest BCUT2D eigenvalue weighted by Gasteiger charge is -2.58. The summed E-state index contributed by atoms with van der Waals surface area (Å²) >= 11 is 0. The molecule has 1 spiro atoms. The third-order valence-corrected chi connectivity index (χ3v) is 11.5. The lowest BCUT2D eigenvalue weighted by molar-refractivity contribution is -0.0909. The molecular formula is C36H46N4O. The van der Waals surface area contributed by atoms with Crippen LogP contribution in [0.4, 0.5) is 0 Å². The Morgan fingerprint density at radius 3 is 2.73 bits per heavy atom. The van der Waals surface area contributed by atoms with E-state index in [1.54, 1.807) is 0 Å². The molecule has 6 heterocycles. The molecule has 0 radical (unpaired) electrons. The Balaban J connectivity index is 1.34. The van der Waals surface area contributed by atoms with Crippen molar-refractivity contribution in [1.82, 2.24) is 19.8 Å². The van der Waals surface area contributed by atoms with E-state index in [0.29, 0.717) is 12.0 Å². The maximum Gasteiger partial charge on any atom is 0.0997 e. The van der Waals surface area contributed by atoms with E-state index in [1.165, 1.54) is 79.8 Å². The molecule has 41 heavy (non-hydrogen) atoms. The number of nitrogens with one attached hydrogen (secondary N) is 1. The van der Waals surface area contributed by atoms with Crippen LogP contribution < -0.4 is 0 Å². The van der Waals surface area contributed by atoms with E-state index in [4.69, 9.17) is 4.98 Å². The number of aromatic amines is 1. The molecule has 0 saturated carbocycles. The van der Waals surface area contributed by atoms with Gasteiger partial charge in [-0.15, -0.1) is 0 Å². The molecule has 3 saturated heterocycles. The fraction of sp³-hybridized carbons (Fsp3) is 0.583. The average molecular weight is 551 g/mol. The zero-order valence-corrected chi connectivity index (χ0v) is 24.5. The summed E-state index contributed by atoms with van der Waals surface area (Å²) in [5.41, 5.74) is 3.89. The van der Waals surface area contributed by atoms with Crippen molar-refractivity contribution in [3.05, 3.63) is 60.5 Å². The quantitative estimate of drug-likeness (QED) is 0.318.